The van der Waals surface area contributed by atoms with Gasteiger partial charge < -0.3 is 14.4 Å². The molecule has 1 aromatic carbocycles. The van der Waals surface area contributed by atoms with Crippen molar-refractivity contribution >= 4 is 49.4 Å². The zero-order chi connectivity index (χ0) is 33.3. The van der Waals surface area contributed by atoms with Gasteiger partial charge in [-0.1, -0.05) is 0 Å². The first-order chi connectivity index (χ1) is 23.1. The van der Waals surface area contributed by atoms with Crippen molar-refractivity contribution in [3.63, 3.8) is 0 Å². The fourth-order valence-corrected chi connectivity index (χ4v) is 8.32. The summed E-state index contributed by atoms with van der Waals surface area (Å²) >= 11 is 0.875. The molecule has 6 heterocycles. The van der Waals surface area contributed by atoms with Crippen molar-refractivity contribution in [3.8, 4) is 17.3 Å². The van der Waals surface area contributed by atoms with E-state index in [2.05, 4.69) is 36.1 Å². The van der Waals surface area contributed by atoms with E-state index < -0.39 is 23.3 Å². The van der Waals surface area contributed by atoms with E-state index >= 15 is 8.78 Å². The van der Waals surface area contributed by atoms with E-state index in [0.29, 0.717) is 22.9 Å². The van der Waals surface area contributed by atoms with Crippen molar-refractivity contribution in [2.24, 2.45) is 0 Å². The van der Waals surface area contributed by atoms with Crippen molar-refractivity contribution in [1.29, 1.82) is 5.26 Å². The lowest BCUT2D eigenvalue weighted by atomic mass is 9.94. The van der Waals surface area contributed by atoms with Crippen LogP contribution in [0.15, 0.2) is 12.4 Å². The average molecular weight is 675 g/mol. The van der Waals surface area contributed by atoms with Crippen molar-refractivity contribution in [2.75, 3.05) is 49.5 Å². The average Bonchev–Trinajstić information content (AvgIpc) is 3.41. The molecule has 1 aliphatic carbocycles. The van der Waals surface area contributed by atoms with Gasteiger partial charge in [-0.2, -0.15) is 5.26 Å². The van der Waals surface area contributed by atoms with Crippen LogP contribution in [0.3, 0.4) is 0 Å². The van der Waals surface area contributed by atoms with E-state index in [4.69, 9.17) is 14.5 Å². The number of amides is 1. The number of aromatic nitrogens is 3. The third kappa shape index (κ3) is 5.52. The molecule has 11 nitrogen and oxygen atoms in total. The standard InChI is InChI=1S/C34H36F2N8O3S/c1-34(2,3)47-33(45)41-31-20(12-37)26-29(38-14-24(35)30(26)48-31)25-23-17-46-16-22(23)21-13-39-32(40-28(21)27(25)36)44-7-6-19(15-44)43-10-8-42(9-11-43)18-4-5-18/h13-14,18-19H,4-11,15-17H2,1-3H3,(H,41,45)/t19-/m1/s1. The molecule has 3 aromatic heterocycles. The van der Waals surface area contributed by atoms with E-state index in [-0.39, 0.29) is 50.6 Å². The first kappa shape index (κ1) is 31.3. The van der Waals surface area contributed by atoms with Gasteiger partial charge in [0.15, 0.2) is 11.6 Å². The number of halogens is 2. The lowest BCUT2D eigenvalue weighted by molar-refractivity contribution is 0.0636. The van der Waals surface area contributed by atoms with Crippen LogP contribution in [0.25, 0.3) is 32.2 Å². The molecular formula is C34H36F2N8O3S. The zero-order valence-electron chi connectivity index (χ0n) is 27.1. The zero-order valence-corrected chi connectivity index (χ0v) is 27.9. The number of benzene rings is 1. The second-order valence-corrected chi connectivity index (χ2v) is 15.0. The van der Waals surface area contributed by atoms with Crippen LogP contribution in [0.2, 0.25) is 0 Å². The second kappa shape index (κ2) is 11.8. The molecule has 250 valence electrons. The number of thiophene rings is 1. The van der Waals surface area contributed by atoms with Gasteiger partial charge in [-0.25, -0.2) is 23.5 Å². The number of nitrogens with one attached hydrogen (secondary N) is 1. The normalized spacial score (nSPS) is 20.4. The Bertz CT molecular complexity index is 1990. The number of fused-ring (bicyclic) bond motifs is 4. The molecule has 48 heavy (non-hydrogen) atoms. The molecule has 1 saturated carbocycles. The summed E-state index contributed by atoms with van der Waals surface area (Å²) in [6, 6.07) is 3.25. The van der Waals surface area contributed by atoms with Crippen LogP contribution in [0.5, 0.6) is 0 Å². The molecule has 4 aromatic rings. The number of nitrogens with zero attached hydrogens (tertiary/aromatic N) is 7. The lowest BCUT2D eigenvalue weighted by Gasteiger charge is -2.38. The number of carbonyl (C=O) groups excluding carboxylic acids is 1. The molecule has 3 aliphatic heterocycles. The largest absolute Gasteiger partial charge is 0.444 e. The number of ether oxygens (including phenoxy) is 2. The highest BCUT2D eigenvalue weighted by atomic mass is 32.1. The smallest absolute Gasteiger partial charge is 0.412 e. The van der Waals surface area contributed by atoms with E-state index in [1.165, 1.54) is 12.8 Å². The molecule has 1 atom stereocenters. The summed E-state index contributed by atoms with van der Waals surface area (Å²) in [7, 11) is 0. The monoisotopic (exact) mass is 674 g/mol. The highest BCUT2D eigenvalue weighted by molar-refractivity contribution is 7.23. The maximum Gasteiger partial charge on any atom is 0.412 e. The van der Waals surface area contributed by atoms with E-state index in [0.717, 1.165) is 74.8 Å². The Labute approximate surface area is 280 Å². The summed E-state index contributed by atoms with van der Waals surface area (Å²) in [4.78, 5) is 33.7. The van der Waals surface area contributed by atoms with Gasteiger partial charge in [-0.05, 0) is 51.2 Å². The van der Waals surface area contributed by atoms with Crippen LogP contribution < -0.4 is 10.2 Å². The Morgan fingerprint density at radius 2 is 1.77 bits per heavy atom. The molecule has 0 radical (unpaired) electrons. The first-order valence-corrected chi connectivity index (χ1v) is 17.2. The Hall–Kier alpha value is -4.03. The molecule has 14 heteroatoms. The molecule has 8 rings (SSSR count). The summed E-state index contributed by atoms with van der Waals surface area (Å²) in [6.45, 7) is 11.3. The van der Waals surface area contributed by atoms with Crippen LogP contribution >= 0.6 is 11.3 Å². The number of carbonyl (C=O) groups is 1. The number of nitriles is 1. The Morgan fingerprint density at radius 1 is 1.04 bits per heavy atom. The van der Waals surface area contributed by atoms with Gasteiger partial charge in [0.05, 0.1) is 35.4 Å². The third-order valence-electron chi connectivity index (χ3n) is 9.69. The Balaban J connectivity index is 1.16. The van der Waals surface area contributed by atoms with Gasteiger partial charge in [0, 0.05) is 73.9 Å². The van der Waals surface area contributed by atoms with Crippen LogP contribution in [0, 0.1) is 23.0 Å². The minimum atomic E-state index is -0.791. The number of anilines is 2. The quantitative estimate of drug-likeness (QED) is 0.279. The number of hydrogen-bond acceptors (Lipinski definition) is 11. The summed E-state index contributed by atoms with van der Waals surface area (Å²) in [6.07, 6.45) is 5.53. The summed E-state index contributed by atoms with van der Waals surface area (Å²) < 4.78 is 43.4. The minimum Gasteiger partial charge on any atom is -0.444 e. The fraction of sp³-hybridized carbons (Fsp3) is 0.500. The molecule has 1 N–H and O–H groups in total. The fourth-order valence-electron chi connectivity index (χ4n) is 7.28. The van der Waals surface area contributed by atoms with Crippen molar-refractivity contribution in [1.82, 2.24) is 24.8 Å². The topological polar surface area (TPSA) is 120 Å². The van der Waals surface area contributed by atoms with Crippen molar-refractivity contribution in [3.05, 3.63) is 40.7 Å². The summed E-state index contributed by atoms with van der Waals surface area (Å²) in [5.74, 6) is -0.870. The molecular weight excluding hydrogens is 638 g/mol. The van der Waals surface area contributed by atoms with E-state index in [9.17, 15) is 10.1 Å². The van der Waals surface area contributed by atoms with E-state index in [1.54, 1.807) is 27.0 Å². The molecule has 0 unspecified atom stereocenters. The second-order valence-electron chi connectivity index (χ2n) is 14.0. The molecule has 3 fully saturated rings. The van der Waals surface area contributed by atoms with Crippen LogP contribution in [-0.2, 0) is 22.7 Å². The van der Waals surface area contributed by atoms with E-state index in [1.807, 2.05) is 0 Å². The number of hydrogen-bond donors (Lipinski definition) is 1. The van der Waals surface area contributed by atoms with Gasteiger partial charge >= 0.3 is 6.09 Å². The van der Waals surface area contributed by atoms with Gasteiger partial charge in [0.1, 0.15) is 22.2 Å². The number of rotatable bonds is 5. The lowest BCUT2D eigenvalue weighted by Crippen LogP contribution is -2.51. The van der Waals surface area contributed by atoms with Gasteiger partial charge in [0.2, 0.25) is 5.95 Å². The van der Waals surface area contributed by atoms with Gasteiger partial charge in [-0.15, -0.1) is 11.3 Å². The minimum absolute atomic E-state index is 0.0283. The summed E-state index contributed by atoms with van der Waals surface area (Å²) in [5, 5.41) is 13.6. The molecule has 0 spiro atoms. The molecule has 0 bridgehead atoms. The highest BCUT2D eigenvalue weighted by Crippen LogP contribution is 2.46. The predicted molar refractivity (Wildman–Crippen MR) is 178 cm³/mol. The van der Waals surface area contributed by atoms with Crippen molar-refractivity contribution < 1.29 is 23.0 Å². The molecule has 2 saturated heterocycles. The first-order valence-electron chi connectivity index (χ1n) is 16.4. The van der Waals surface area contributed by atoms with Crippen LogP contribution in [-0.4, -0.2) is 87.8 Å². The highest BCUT2D eigenvalue weighted by Gasteiger charge is 2.36. The SMILES string of the molecule is CC(C)(C)OC(=O)Nc1sc2c(F)cnc(-c3c4c(c5cnc(N6CC[C@@H](N7CCN(C8CC8)CC7)C6)nc5c3F)COC4)c2c1C#N. The summed E-state index contributed by atoms with van der Waals surface area (Å²) in [5.41, 5.74) is 0.795. The molecule has 4 aliphatic rings. The van der Waals surface area contributed by atoms with Gasteiger partial charge in [-0.3, -0.25) is 20.1 Å². The predicted octanol–water partition coefficient (Wildman–Crippen LogP) is 5.79. The molecule has 1 amide bonds. The number of piperazine rings is 1. The third-order valence-corrected chi connectivity index (χ3v) is 10.8. The van der Waals surface area contributed by atoms with Crippen LogP contribution in [0.1, 0.15) is 56.7 Å². The van der Waals surface area contributed by atoms with Gasteiger partial charge in [0.25, 0.3) is 0 Å². The van der Waals surface area contributed by atoms with Crippen LogP contribution in [0.4, 0.5) is 24.5 Å². The maximum absolute atomic E-state index is 16.9. The maximum atomic E-state index is 16.9. The Kier molecular flexibility index (Phi) is 7.71. The van der Waals surface area contributed by atoms with Crippen molar-refractivity contribution in [2.45, 2.75) is 70.9 Å². The number of pyridine rings is 1. The Morgan fingerprint density at radius 3 is 2.48 bits per heavy atom.